The van der Waals surface area contributed by atoms with E-state index in [1.54, 1.807) is 6.29 Å². The number of pyridine rings is 1. The monoisotopic (exact) mass is 194 g/mol. The van der Waals surface area contributed by atoms with Gasteiger partial charge < -0.3 is 0 Å². The van der Waals surface area contributed by atoms with Gasteiger partial charge in [-0.1, -0.05) is 19.8 Å². The van der Waals surface area contributed by atoms with E-state index in [4.69, 9.17) is 0 Å². The Labute approximate surface area is 83.2 Å². The highest BCUT2D eigenvalue weighted by atomic mass is 19.1. The summed E-state index contributed by atoms with van der Waals surface area (Å²) in [4.78, 5) is 14.2. The zero-order valence-electron chi connectivity index (χ0n) is 8.22. The van der Waals surface area contributed by atoms with Gasteiger partial charge in [0.1, 0.15) is 11.5 Å². The fraction of sp³-hybridized carbons (Fsp3) is 0.455. The molecule has 1 heterocycles. The molecule has 0 amide bonds. The maximum Gasteiger partial charge on any atom is 0.253 e. The third kappa shape index (κ3) is 2.91. The Morgan fingerprint density at radius 1 is 1.43 bits per heavy atom. The summed E-state index contributed by atoms with van der Waals surface area (Å²) in [5.41, 5.74) is 0.553. The van der Waals surface area contributed by atoms with Gasteiger partial charge in [-0.2, -0.15) is 0 Å². The van der Waals surface area contributed by atoms with Crippen LogP contribution in [0.1, 0.15) is 37.6 Å². The largest absolute Gasteiger partial charge is 0.283 e. The number of hydrogen-bond acceptors (Lipinski definition) is 2. The molecule has 1 aromatic heterocycles. The summed E-state index contributed by atoms with van der Waals surface area (Å²) in [6.45, 7) is 2.08. The van der Waals surface area contributed by atoms with Gasteiger partial charge in [-0.05, 0) is 25.0 Å². The van der Waals surface area contributed by atoms with Gasteiger partial charge >= 0.3 is 0 Å². The van der Waals surface area contributed by atoms with Crippen LogP contribution in [0.2, 0.25) is 0 Å². The van der Waals surface area contributed by atoms with E-state index in [9.17, 15) is 9.18 Å². The Bertz CT molecular complexity index is 312. The Morgan fingerprint density at radius 3 is 2.86 bits per heavy atom. The van der Waals surface area contributed by atoms with E-state index < -0.39 is 0 Å². The number of aromatic nitrogens is 1. The fourth-order valence-electron chi connectivity index (χ4n) is 1.26. The van der Waals surface area contributed by atoms with Gasteiger partial charge in [-0.25, -0.2) is 9.37 Å². The zero-order valence-corrected chi connectivity index (χ0v) is 8.22. The van der Waals surface area contributed by atoms with Crippen molar-refractivity contribution in [2.45, 2.75) is 32.6 Å². The zero-order chi connectivity index (χ0) is 10.4. The number of nitrogens with zero attached hydrogens (tertiary/aromatic N) is 1. The van der Waals surface area contributed by atoms with Crippen molar-refractivity contribution < 1.29 is 9.18 Å². The molecule has 3 heteroatoms. The lowest BCUT2D eigenvalue weighted by atomic mass is 10.1. The molecule has 75 valence electrons. The van der Waals surface area contributed by atoms with Gasteiger partial charge in [-0.3, -0.25) is 4.79 Å². The van der Waals surface area contributed by atoms with Crippen molar-refractivity contribution in [1.29, 1.82) is 0 Å². The summed E-state index contributed by atoms with van der Waals surface area (Å²) < 4.78 is 13.1. The molecule has 0 aromatic carbocycles. The summed E-state index contributed by atoms with van der Waals surface area (Å²) in [6, 6.07) is 2.61. The maximum atomic E-state index is 13.1. The minimum atomic E-state index is -0.333. The standard InChI is InChI=1S/C11H13FNO/c1-2-3-4-5-11-10(12)7-6-9(8-14)13-11/h6-7H,2-5H2,1H3. The quantitative estimate of drug-likeness (QED) is 0.674. The van der Waals surface area contributed by atoms with Crippen molar-refractivity contribution in [2.75, 3.05) is 0 Å². The molecule has 0 saturated heterocycles. The molecule has 1 radical (unpaired) electrons. The molecule has 0 aliphatic carbocycles. The molecule has 1 aromatic rings. The van der Waals surface area contributed by atoms with E-state index in [1.807, 2.05) is 0 Å². The molecular weight excluding hydrogens is 181 g/mol. The molecule has 0 fully saturated rings. The Kier molecular flexibility index (Phi) is 4.23. The van der Waals surface area contributed by atoms with Crippen LogP contribution in [0.5, 0.6) is 0 Å². The van der Waals surface area contributed by atoms with E-state index in [1.165, 1.54) is 12.1 Å². The van der Waals surface area contributed by atoms with Crippen molar-refractivity contribution >= 4 is 6.29 Å². The van der Waals surface area contributed by atoms with Crippen molar-refractivity contribution in [1.82, 2.24) is 4.98 Å². The highest BCUT2D eigenvalue weighted by Gasteiger charge is 2.04. The third-order valence-electron chi connectivity index (χ3n) is 2.04. The first kappa shape index (κ1) is 10.8. The highest BCUT2D eigenvalue weighted by molar-refractivity contribution is 5.72. The first-order chi connectivity index (χ1) is 6.77. The molecule has 0 aliphatic heterocycles. The van der Waals surface area contributed by atoms with E-state index >= 15 is 0 Å². The first-order valence-electron chi connectivity index (χ1n) is 4.81. The molecular formula is C11H13FNO. The predicted octanol–water partition coefficient (Wildman–Crippen LogP) is 2.41. The lowest BCUT2D eigenvalue weighted by Crippen LogP contribution is -1.99. The number of aryl methyl sites for hydroxylation is 1. The van der Waals surface area contributed by atoms with Crippen LogP contribution < -0.4 is 0 Å². The Balaban J connectivity index is 2.68. The lowest BCUT2D eigenvalue weighted by molar-refractivity contribution is 0.558. The van der Waals surface area contributed by atoms with Crippen LogP contribution in [-0.4, -0.2) is 11.3 Å². The van der Waals surface area contributed by atoms with Crippen LogP contribution in [0.4, 0.5) is 4.39 Å². The second-order valence-electron chi connectivity index (χ2n) is 3.18. The predicted molar refractivity (Wildman–Crippen MR) is 52.2 cm³/mol. The number of halogens is 1. The highest BCUT2D eigenvalue weighted by Crippen LogP contribution is 2.09. The molecule has 1 rings (SSSR count). The van der Waals surface area contributed by atoms with Gasteiger partial charge in [0.15, 0.2) is 0 Å². The number of hydrogen-bond donors (Lipinski definition) is 0. The second kappa shape index (κ2) is 5.47. The van der Waals surface area contributed by atoms with Crippen LogP contribution >= 0.6 is 0 Å². The summed E-state index contributed by atoms with van der Waals surface area (Å²) in [5, 5.41) is 0. The van der Waals surface area contributed by atoms with Gasteiger partial charge in [0, 0.05) is 0 Å². The third-order valence-corrected chi connectivity index (χ3v) is 2.04. The van der Waals surface area contributed by atoms with Crippen molar-refractivity contribution in [3.8, 4) is 0 Å². The molecule has 0 spiro atoms. The van der Waals surface area contributed by atoms with Crippen LogP contribution in [0.15, 0.2) is 12.1 Å². The number of unbranched alkanes of at least 4 members (excludes halogenated alkanes) is 2. The lowest BCUT2D eigenvalue weighted by Gasteiger charge is -2.01. The molecule has 2 nitrogen and oxygen atoms in total. The maximum absolute atomic E-state index is 13.1. The average Bonchev–Trinajstić information content (AvgIpc) is 2.21. The summed E-state index contributed by atoms with van der Waals surface area (Å²) in [6.07, 6.45) is 5.29. The first-order valence-corrected chi connectivity index (χ1v) is 4.81. The van der Waals surface area contributed by atoms with E-state index in [0.717, 1.165) is 19.3 Å². The minimum absolute atomic E-state index is 0.179. The molecule has 0 saturated carbocycles. The molecule has 0 N–H and O–H groups in total. The van der Waals surface area contributed by atoms with Gasteiger partial charge in [0.2, 0.25) is 0 Å². The average molecular weight is 194 g/mol. The SMILES string of the molecule is CCCCCc1nc([C]=O)ccc1F. The van der Waals surface area contributed by atoms with E-state index in [0.29, 0.717) is 12.1 Å². The topological polar surface area (TPSA) is 30.0 Å². The molecule has 0 unspecified atom stereocenters. The molecule has 0 bridgehead atoms. The molecule has 0 aliphatic rings. The van der Waals surface area contributed by atoms with Crippen LogP contribution in [0, 0.1) is 5.82 Å². The smallest absolute Gasteiger partial charge is 0.253 e. The normalized spacial score (nSPS) is 10.1. The summed E-state index contributed by atoms with van der Waals surface area (Å²) >= 11 is 0. The second-order valence-corrected chi connectivity index (χ2v) is 3.18. The van der Waals surface area contributed by atoms with E-state index in [-0.39, 0.29) is 11.5 Å². The molecule has 14 heavy (non-hydrogen) atoms. The van der Waals surface area contributed by atoms with Crippen LogP contribution in [0.3, 0.4) is 0 Å². The number of rotatable bonds is 5. The van der Waals surface area contributed by atoms with Crippen molar-refractivity contribution in [3.63, 3.8) is 0 Å². The summed E-state index contributed by atoms with van der Waals surface area (Å²) in [7, 11) is 0. The number of carbonyl (C=O) groups excluding carboxylic acids is 1. The van der Waals surface area contributed by atoms with Crippen LogP contribution in [0.25, 0.3) is 0 Å². The summed E-state index contributed by atoms with van der Waals surface area (Å²) in [5.74, 6) is -0.333. The Hall–Kier alpha value is -1.25. The van der Waals surface area contributed by atoms with Gasteiger partial charge in [0.25, 0.3) is 6.29 Å². The van der Waals surface area contributed by atoms with Gasteiger partial charge in [0.05, 0.1) is 5.69 Å². The minimum Gasteiger partial charge on any atom is -0.283 e. The Morgan fingerprint density at radius 2 is 2.21 bits per heavy atom. The molecule has 0 atom stereocenters. The van der Waals surface area contributed by atoms with Crippen molar-refractivity contribution in [3.05, 3.63) is 29.3 Å². The fourth-order valence-corrected chi connectivity index (χ4v) is 1.26. The van der Waals surface area contributed by atoms with Crippen molar-refractivity contribution in [2.24, 2.45) is 0 Å². The van der Waals surface area contributed by atoms with Gasteiger partial charge in [-0.15, -0.1) is 0 Å². The van der Waals surface area contributed by atoms with Crippen LogP contribution in [-0.2, 0) is 11.2 Å². The van der Waals surface area contributed by atoms with E-state index in [2.05, 4.69) is 11.9 Å².